The average molecular weight is 268 g/mol. The van der Waals surface area contributed by atoms with Crippen molar-refractivity contribution in [3.05, 3.63) is 0 Å². The van der Waals surface area contributed by atoms with Crippen molar-refractivity contribution >= 4 is 5.97 Å². The molecule has 1 saturated carbocycles. The lowest BCUT2D eigenvalue weighted by atomic mass is 9.70. The molecule has 1 aliphatic carbocycles. The third-order valence-corrected chi connectivity index (χ3v) is 4.83. The molecule has 2 rings (SSSR count). The van der Waals surface area contributed by atoms with Gasteiger partial charge in [-0.15, -0.1) is 0 Å². The largest absolute Gasteiger partial charge is 0.462 e. The Labute approximate surface area is 117 Å². The molecule has 3 heteroatoms. The van der Waals surface area contributed by atoms with Gasteiger partial charge in [0.2, 0.25) is 0 Å². The summed E-state index contributed by atoms with van der Waals surface area (Å²) >= 11 is 0. The number of hydrogen-bond donors (Lipinski definition) is 0. The molecule has 110 valence electrons. The van der Waals surface area contributed by atoms with Gasteiger partial charge in [-0.2, -0.15) is 0 Å². The number of fused-ring (bicyclic) bond motifs is 1. The van der Waals surface area contributed by atoms with Crippen molar-refractivity contribution in [2.75, 3.05) is 6.61 Å². The molecule has 0 bridgehead atoms. The monoisotopic (exact) mass is 268 g/mol. The van der Waals surface area contributed by atoms with Crippen LogP contribution in [-0.2, 0) is 14.3 Å². The molecular weight excluding hydrogens is 240 g/mol. The summed E-state index contributed by atoms with van der Waals surface area (Å²) in [6, 6.07) is 0. The van der Waals surface area contributed by atoms with Crippen molar-refractivity contribution in [1.82, 2.24) is 0 Å². The van der Waals surface area contributed by atoms with Gasteiger partial charge in [0.15, 0.2) is 0 Å². The summed E-state index contributed by atoms with van der Waals surface area (Å²) in [5.74, 6) is 1.18. The van der Waals surface area contributed by atoms with Crippen LogP contribution in [0.5, 0.6) is 0 Å². The van der Waals surface area contributed by atoms with Crippen LogP contribution >= 0.6 is 0 Å². The Bertz CT molecular complexity index is 302. The van der Waals surface area contributed by atoms with Crippen LogP contribution in [0.15, 0.2) is 0 Å². The Hall–Kier alpha value is -0.570. The standard InChI is InChI=1S/C16H28O3/c1-4-6-14-11(3)13-8-7-12(18-9-5-2)10-15(13)19-16(14)17/h11-15H,4-10H2,1-3H3. The summed E-state index contributed by atoms with van der Waals surface area (Å²) < 4.78 is 11.6. The third-order valence-electron chi connectivity index (χ3n) is 4.83. The molecule has 0 amide bonds. The molecule has 5 unspecified atom stereocenters. The minimum atomic E-state index is 0.0340. The van der Waals surface area contributed by atoms with E-state index >= 15 is 0 Å². The number of carbonyl (C=O) groups is 1. The molecule has 0 radical (unpaired) electrons. The van der Waals surface area contributed by atoms with Crippen molar-refractivity contribution < 1.29 is 14.3 Å². The predicted molar refractivity (Wildman–Crippen MR) is 74.8 cm³/mol. The highest BCUT2D eigenvalue weighted by molar-refractivity contribution is 5.73. The highest BCUT2D eigenvalue weighted by Gasteiger charge is 2.45. The molecular formula is C16H28O3. The van der Waals surface area contributed by atoms with Gasteiger partial charge in [0, 0.05) is 13.0 Å². The maximum absolute atomic E-state index is 12.1. The van der Waals surface area contributed by atoms with Gasteiger partial charge in [-0.3, -0.25) is 4.79 Å². The quantitative estimate of drug-likeness (QED) is 0.715. The molecule has 2 aliphatic rings. The molecule has 0 aromatic carbocycles. The van der Waals surface area contributed by atoms with Crippen molar-refractivity contribution in [3.63, 3.8) is 0 Å². The first-order chi connectivity index (χ1) is 9.17. The lowest BCUT2D eigenvalue weighted by Crippen LogP contribution is -2.48. The van der Waals surface area contributed by atoms with Crippen LogP contribution in [0.1, 0.15) is 59.3 Å². The maximum Gasteiger partial charge on any atom is 0.309 e. The smallest absolute Gasteiger partial charge is 0.309 e. The van der Waals surface area contributed by atoms with Gasteiger partial charge >= 0.3 is 5.97 Å². The Kier molecular flexibility index (Phi) is 5.26. The van der Waals surface area contributed by atoms with Crippen LogP contribution in [-0.4, -0.2) is 24.8 Å². The number of hydrogen-bond acceptors (Lipinski definition) is 3. The molecule has 1 heterocycles. The van der Waals surface area contributed by atoms with E-state index in [1.54, 1.807) is 0 Å². The van der Waals surface area contributed by atoms with Gasteiger partial charge in [0.1, 0.15) is 6.10 Å². The maximum atomic E-state index is 12.1. The van der Waals surface area contributed by atoms with Crippen LogP contribution < -0.4 is 0 Å². The average Bonchev–Trinajstić information content (AvgIpc) is 2.41. The highest BCUT2D eigenvalue weighted by Crippen LogP contribution is 2.42. The van der Waals surface area contributed by atoms with Crippen LogP contribution in [0.3, 0.4) is 0 Å². The zero-order valence-electron chi connectivity index (χ0n) is 12.6. The van der Waals surface area contributed by atoms with Gasteiger partial charge in [-0.25, -0.2) is 0 Å². The molecule has 0 aromatic heterocycles. The first kappa shape index (κ1) is 14.8. The number of esters is 1. The van der Waals surface area contributed by atoms with Crippen molar-refractivity contribution in [1.29, 1.82) is 0 Å². The minimum Gasteiger partial charge on any atom is -0.462 e. The Morgan fingerprint density at radius 2 is 2.05 bits per heavy atom. The third kappa shape index (κ3) is 3.31. The summed E-state index contributed by atoms with van der Waals surface area (Å²) in [5.41, 5.74) is 0. The lowest BCUT2D eigenvalue weighted by Gasteiger charge is -2.45. The normalized spacial score (nSPS) is 38.7. The number of carbonyl (C=O) groups excluding carboxylic acids is 1. The van der Waals surface area contributed by atoms with E-state index in [1.165, 1.54) is 0 Å². The summed E-state index contributed by atoms with van der Waals surface area (Å²) in [6.07, 6.45) is 6.66. The van der Waals surface area contributed by atoms with Gasteiger partial charge in [0.25, 0.3) is 0 Å². The summed E-state index contributed by atoms with van der Waals surface area (Å²) in [5, 5.41) is 0. The zero-order chi connectivity index (χ0) is 13.8. The molecule has 5 atom stereocenters. The van der Waals surface area contributed by atoms with E-state index in [0.717, 1.165) is 45.1 Å². The van der Waals surface area contributed by atoms with E-state index in [2.05, 4.69) is 20.8 Å². The lowest BCUT2D eigenvalue weighted by molar-refractivity contribution is -0.181. The second-order valence-electron chi connectivity index (χ2n) is 6.20. The minimum absolute atomic E-state index is 0.0340. The molecule has 1 saturated heterocycles. The van der Waals surface area contributed by atoms with E-state index in [1.807, 2.05) is 0 Å². The Balaban J connectivity index is 1.95. The summed E-state index contributed by atoms with van der Waals surface area (Å²) in [6.45, 7) is 7.33. The molecule has 0 aromatic rings. The SMILES string of the molecule is CCCOC1CCC2C(C1)OC(=O)C(CCC)C2C. The topological polar surface area (TPSA) is 35.5 Å². The number of rotatable bonds is 5. The first-order valence-electron chi connectivity index (χ1n) is 7.99. The van der Waals surface area contributed by atoms with Crippen molar-refractivity contribution in [2.24, 2.45) is 17.8 Å². The molecule has 3 nitrogen and oxygen atoms in total. The fourth-order valence-corrected chi connectivity index (χ4v) is 3.73. The number of ether oxygens (including phenoxy) is 2. The second kappa shape index (κ2) is 6.74. The van der Waals surface area contributed by atoms with Crippen LogP contribution in [0.2, 0.25) is 0 Å². The van der Waals surface area contributed by atoms with Gasteiger partial charge in [-0.1, -0.05) is 27.2 Å². The molecule has 19 heavy (non-hydrogen) atoms. The van der Waals surface area contributed by atoms with Gasteiger partial charge in [0.05, 0.1) is 12.0 Å². The Morgan fingerprint density at radius 1 is 1.26 bits per heavy atom. The molecule has 0 spiro atoms. The molecule has 0 N–H and O–H groups in total. The molecule has 1 aliphatic heterocycles. The van der Waals surface area contributed by atoms with Crippen molar-refractivity contribution in [2.45, 2.75) is 71.5 Å². The van der Waals surface area contributed by atoms with Crippen LogP contribution in [0.4, 0.5) is 0 Å². The van der Waals surface area contributed by atoms with E-state index < -0.39 is 0 Å². The fourth-order valence-electron chi connectivity index (χ4n) is 3.73. The van der Waals surface area contributed by atoms with E-state index in [9.17, 15) is 4.79 Å². The predicted octanol–water partition coefficient (Wildman–Crippen LogP) is 3.56. The second-order valence-corrected chi connectivity index (χ2v) is 6.20. The highest BCUT2D eigenvalue weighted by atomic mass is 16.5. The summed E-state index contributed by atoms with van der Waals surface area (Å²) in [4.78, 5) is 12.1. The fraction of sp³-hybridized carbons (Fsp3) is 0.938. The van der Waals surface area contributed by atoms with Crippen LogP contribution in [0.25, 0.3) is 0 Å². The van der Waals surface area contributed by atoms with E-state index in [0.29, 0.717) is 17.9 Å². The Morgan fingerprint density at radius 3 is 2.74 bits per heavy atom. The van der Waals surface area contributed by atoms with E-state index in [4.69, 9.17) is 9.47 Å². The van der Waals surface area contributed by atoms with E-state index in [-0.39, 0.29) is 18.0 Å². The van der Waals surface area contributed by atoms with Gasteiger partial charge in [-0.05, 0) is 37.5 Å². The summed E-state index contributed by atoms with van der Waals surface area (Å²) in [7, 11) is 0. The van der Waals surface area contributed by atoms with Gasteiger partial charge < -0.3 is 9.47 Å². The first-order valence-corrected chi connectivity index (χ1v) is 7.99. The molecule has 2 fully saturated rings. The van der Waals surface area contributed by atoms with Crippen molar-refractivity contribution in [3.8, 4) is 0 Å². The zero-order valence-corrected chi connectivity index (χ0v) is 12.6. The van der Waals surface area contributed by atoms with Crippen LogP contribution in [0, 0.1) is 17.8 Å².